The molecule has 1 atom stereocenters. The third-order valence-electron chi connectivity index (χ3n) is 4.91. The van der Waals surface area contributed by atoms with Gasteiger partial charge in [0.2, 0.25) is 0 Å². The first-order valence-corrected chi connectivity index (χ1v) is 11.0. The Bertz CT molecular complexity index is 1290. The summed E-state index contributed by atoms with van der Waals surface area (Å²) in [7, 11) is 0. The number of rotatable bonds is 5. The lowest BCUT2D eigenvalue weighted by molar-refractivity contribution is -0.120. The molecule has 3 aromatic rings. The lowest BCUT2D eigenvalue weighted by Crippen LogP contribution is -2.19. The fourth-order valence-electron chi connectivity index (χ4n) is 3.27. The summed E-state index contributed by atoms with van der Waals surface area (Å²) in [5, 5.41) is 19.7. The van der Waals surface area contributed by atoms with Crippen molar-refractivity contribution < 1.29 is 19.2 Å². The molecule has 1 aliphatic carbocycles. The highest BCUT2D eigenvalue weighted by atomic mass is 79.9. The van der Waals surface area contributed by atoms with Gasteiger partial charge in [-0.05, 0) is 65.2 Å². The molecule has 2 aromatic heterocycles. The molecule has 0 saturated heterocycles. The molecule has 31 heavy (non-hydrogen) atoms. The lowest BCUT2D eigenvalue weighted by Gasteiger charge is -2.07. The molecular formula is C21H18BrN3O5S. The average Bonchev–Trinajstić information content (AvgIpc) is 3.27. The van der Waals surface area contributed by atoms with Gasteiger partial charge in [0.25, 0.3) is 5.91 Å². The number of hydrogen-bond acceptors (Lipinski definition) is 8. The fourth-order valence-corrected chi connectivity index (χ4v) is 4.30. The second kappa shape index (κ2) is 8.74. The van der Waals surface area contributed by atoms with Crippen LogP contribution in [0, 0.1) is 6.92 Å². The van der Waals surface area contributed by atoms with Gasteiger partial charge >= 0.3 is 5.63 Å². The van der Waals surface area contributed by atoms with Crippen molar-refractivity contribution in [3.8, 4) is 0 Å². The van der Waals surface area contributed by atoms with Crippen LogP contribution in [0.25, 0.3) is 16.5 Å². The van der Waals surface area contributed by atoms with E-state index in [1.165, 1.54) is 11.3 Å². The number of hydrogen-bond donors (Lipinski definition) is 2. The predicted octanol–water partition coefficient (Wildman–Crippen LogP) is 3.87. The number of aryl methyl sites for hydroxylation is 1. The van der Waals surface area contributed by atoms with Crippen molar-refractivity contribution in [2.45, 2.75) is 26.4 Å². The largest absolute Gasteiger partial charge is 0.423 e. The van der Waals surface area contributed by atoms with Crippen LogP contribution in [0.3, 0.4) is 0 Å². The molecule has 0 bridgehead atoms. The zero-order valence-corrected chi connectivity index (χ0v) is 19.0. The Morgan fingerprint density at radius 2 is 2.23 bits per heavy atom. The van der Waals surface area contributed by atoms with Gasteiger partial charge in [-0.2, -0.15) is 0 Å². The summed E-state index contributed by atoms with van der Waals surface area (Å²) in [6.07, 6.45) is -0.461. The number of nitrogens with one attached hydrogen (secondary N) is 1. The molecule has 0 saturated carbocycles. The molecule has 10 heteroatoms. The Morgan fingerprint density at radius 3 is 2.97 bits per heavy atom. The Balaban J connectivity index is 1.37. The topological polar surface area (TPSA) is 114 Å². The van der Waals surface area contributed by atoms with Gasteiger partial charge in [0, 0.05) is 28.4 Å². The highest BCUT2D eigenvalue weighted by Gasteiger charge is 2.29. The second-order valence-corrected chi connectivity index (χ2v) is 9.23. The van der Waals surface area contributed by atoms with Crippen molar-refractivity contribution >= 4 is 61.1 Å². The van der Waals surface area contributed by atoms with Crippen molar-refractivity contribution in [1.29, 1.82) is 0 Å². The minimum atomic E-state index is -0.864. The third-order valence-corrected chi connectivity index (χ3v) is 6.28. The van der Waals surface area contributed by atoms with E-state index in [0.29, 0.717) is 34.4 Å². The van der Waals surface area contributed by atoms with Crippen LogP contribution >= 0.6 is 27.3 Å². The molecule has 160 valence electrons. The van der Waals surface area contributed by atoms with E-state index in [0.717, 1.165) is 20.8 Å². The fraction of sp³-hybridized carbons (Fsp3) is 0.238. The molecule has 2 heterocycles. The Kier molecular flexibility index (Phi) is 6.03. The number of benzene rings is 1. The molecule has 1 amide bonds. The Hall–Kier alpha value is -2.82. The average molecular weight is 504 g/mol. The van der Waals surface area contributed by atoms with Crippen LogP contribution in [-0.2, 0) is 9.63 Å². The predicted molar refractivity (Wildman–Crippen MR) is 122 cm³/mol. The number of thiazole rings is 1. The van der Waals surface area contributed by atoms with Crippen LogP contribution in [0.5, 0.6) is 0 Å². The lowest BCUT2D eigenvalue weighted by atomic mass is 10.1. The zero-order chi connectivity index (χ0) is 22.1. The van der Waals surface area contributed by atoms with Crippen LogP contribution in [0.1, 0.15) is 24.6 Å². The van der Waals surface area contributed by atoms with Crippen molar-refractivity contribution in [2.75, 3.05) is 11.9 Å². The van der Waals surface area contributed by atoms with E-state index in [-0.39, 0.29) is 12.2 Å². The smallest absolute Gasteiger partial charge is 0.339 e. The van der Waals surface area contributed by atoms with Crippen molar-refractivity contribution in [3.05, 3.63) is 60.8 Å². The van der Waals surface area contributed by atoms with E-state index in [2.05, 4.69) is 31.4 Å². The quantitative estimate of drug-likeness (QED) is 0.403. The molecule has 0 radical (unpaired) electrons. The standard InChI is InChI=1S/C21H18BrN3O5S/c1-10-5-12-6-13(3-4-17(12)30-20(10)28)23-18(26)8-29-25-15-7-14(11(2)19(15)27)16-9-31-21(22)24-16/h3-6,9,19,27H,7-8H2,1-2H3,(H,23,26)/b25-15+. The van der Waals surface area contributed by atoms with Gasteiger partial charge in [-0.15, -0.1) is 11.3 Å². The van der Waals surface area contributed by atoms with Gasteiger partial charge < -0.3 is 19.7 Å². The van der Waals surface area contributed by atoms with E-state index in [1.807, 2.05) is 12.3 Å². The molecule has 8 nitrogen and oxygen atoms in total. The molecular weight excluding hydrogens is 486 g/mol. The Labute approximate surface area is 189 Å². The van der Waals surface area contributed by atoms with Gasteiger partial charge in [-0.1, -0.05) is 5.16 Å². The van der Waals surface area contributed by atoms with Crippen LogP contribution in [0.4, 0.5) is 5.69 Å². The van der Waals surface area contributed by atoms with Crippen LogP contribution in [0.2, 0.25) is 0 Å². The molecule has 4 rings (SSSR count). The Morgan fingerprint density at radius 1 is 1.42 bits per heavy atom. The number of aliphatic hydroxyl groups is 1. The molecule has 0 aliphatic heterocycles. The molecule has 0 spiro atoms. The number of amides is 1. The number of fused-ring (bicyclic) bond motifs is 1. The summed E-state index contributed by atoms with van der Waals surface area (Å²) in [6.45, 7) is 3.18. The molecule has 0 fully saturated rings. The van der Waals surface area contributed by atoms with Crippen LogP contribution in [-0.4, -0.2) is 34.4 Å². The number of anilines is 1. The second-order valence-electron chi connectivity index (χ2n) is 7.10. The van der Waals surface area contributed by atoms with E-state index in [4.69, 9.17) is 9.25 Å². The van der Waals surface area contributed by atoms with Gasteiger partial charge in [0.1, 0.15) is 11.7 Å². The number of aliphatic hydroxyl groups excluding tert-OH is 1. The summed E-state index contributed by atoms with van der Waals surface area (Å²) in [5.74, 6) is -0.404. The van der Waals surface area contributed by atoms with Crippen LogP contribution < -0.4 is 10.9 Å². The summed E-state index contributed by atoms with van der Waals surface area (Å²) in [6, 6.07) is 6.67. The first-order valence-electron chi connectivity index (χ1n) is 9.34. The maximum Gasteiger partial charge on any atom is 0.339 e. The first-order chi connectivity index (χ1) is 14.8. The molecule has 1 aliphatic rings. The van der Waals surface area contributed by atoms with E-state index in [1.54, 1.807) is 31.2 Å². The molecule has 1 unspecified atom stereocenters. The maximum atomic E-state index is 12.2. The number of halogens is 1. The highest BCUT2D eigenvalue weighted by Crippen LogP contribution is 2.34. The summed E-state index contributed by atoms with van der Waals surface area (Å²) in [4.78, 5) is 33.4. The van der Waals surface area contributed by atoms with Gasteiger partial charge in [0.15, 0.2) is 10.5 Å². The minimum Gasteiger partial charge on any atom is -0.423 e. The number of oxime groups is 1. The van der Waals surface area contributed by atoms with E-state index in [9.17, 15) is 14.7 Å². The van der Waals surface area contributed by atoms with Crippen LogP contribution in [0.15, 0.2) is 53.5 Å². The monoisotopic (exact) mass is 503 g/mol. The maximum absolute atomic E-state index is 12.2. The number of nitrogens with zero attached hydrogens (tertiary/aromatic N) is 2. The summed E-state index contributed by atoms with van der Waals surface area (Å²) >= 11 is 4.80. The molecule has 1 aromatic carbocycles. The number of carbonyl (C=O) groups is 1. The highest BCUT2D eigenvalue weighted by molar-refractivity contribution is 9.11. The molecule has 2 N–H and O–H groups in total. The first kappa shape index (κ1) is 21.4. The zero-order valence-electron chi connectivity index (χ0n) is 16.6. The van der Waals surface area contributed by atoms with E-state index >= 15 is 0 Å². The van der Waals surface area contributed by atoms with E-state index < -0.39 is 12.0 Å². The third kappa shape index (κ3) is 4.60. The van der Waals surface area contributed by atoms with Gasteiger partial charge in [0.05, 0.1) is 11.4 Å². The number of aromatic nitrogens is 1. The van der Waals surface area contributed by atoms with Crippen molar-refractivity contribution in [1.82, 2.24) is 4.98 Å². The normalized spacial score (nSPS) is 17.5. The number of carbonyl (C=O) groups excluding carboxylic acids is 1. The number of allylic oxidation sites excluding steroid dienone is 1. The summed E-state index contributed by atoms with van der Waals surface area (Å²) in [5.41, 5.74) is 3.97. The minimum absolute atomic E-state index is 0.312. The van der Waals surface area contributed by atoms with Gasteiger partial charge in [-0.3, -0.25) is 4.79 Å². The van der Waals surface area contributed by atoms with Gasteiger partial charge in [-0.25, -0.2) is 9.78 Å². The van der Waals surface area contributed by atoms with Crippen molar-refractivity contribution in [2.24, 2.45) is 5.16 Å². The SMILES string of the molecule is CC1=C(c2csc(Br)n2)C/C(=N\OCC(=O)Nc2ccc3oc(=O)c(C)cc3c2)C1O. The summed E-state index contributed by atoms with van der Waals surface area (Å²) < 4.78 is 5.96. The van der Waals surface area contributed by atoms with Crippen molar-refractivity contribution in [3.63, 3.8) is 0 Å².